The number of carbonyl (C=O) groups is 2. The highest BCUT2D eigenvalue weighted by atomic mass is 16.6. The van der Waals surface area contributed by atoms with Crippen molar-refractivity contribution in [3.05, 3.63) is 18.0 Å². The molecule has 8 nitrogen and oxygen atoms in total. The van der Waals surface area contributed by atoms with Crippen molar-refractivity contribution in [3.63, 3.8) is 0 Å². The van der Waals surface area contributed by atoms with E-state index in [1.54, 1.807) is 24.1 Å². The molecule has 1 aromatic rings. The Balaban J connectivity index is 1.94. The molecule has 1 N–H and O–H groups in total. The summed E-state index contributed by atoms with van der Waals surface area (Å²) in [4.78, 5) is 36.7. The van der Waals surface area contributed by atoms with E-state index in [0.717, 1.165) is 38.8 Å². The lowest BCUT2D eigenvalue weighted by Crippen LogP contribution is -2.42. The van der Waals surface area contributed by atoms with Gasteiger partial charge >= 0.3 is 6.09 Å². The summed E-state index contributed by atoms with van der Waals surface area (Å²) in [5, 5.41) is 3.30. The highest BCUT2D eigenvalue weighted by Gasteiger charge is 2.24. The van der Waals surface area contributed by atoms with Gasteiger partial charge in [0.05, 0.1) is 6.61 Å². The quantitative estimate of drug-likeness (QED) is 0.749. The smallest absolute Gasteiger partial charge is 0.409 e. The van der Waals surface area contributed by atoms with Crippen LogP contribution in [0.25, 0.3) is 0 Å². The van der Waals surface area contributed by atoms with Gasteiger partial charge in [-0.05, 0) is 38.7 Å². The first-order valence-corrected chi connectivity index (χ1v) is 9.89. The van der Waals surface area contributed by atoms with Gasteiger partial charge < -0.3 is 19.9 Å². The van der Waals surface area contributed by atoms with Crippen LogP contribution in [-0.2, 0) is 4.74 Å². The molecule has 0 radical (unpaired) electrons. The van der Waals surface area contributed by atoms with Crippen molar-refractivity contribution in [1.29, 1.82) is 0 Å². The van der Waals surface area contributed by atoms with Crippen LogP contribution in [-0.4, -0.2) is 70.6 Å². The van der Waals surface area contributed by atoms with E-state index in [2.05, 4.69) is 29.1 Å². The van der Waals surface area contributed by atoms with Gasteiger partial charge in [-0.25, -0.2) is 14.8 Å². The van der Waals surface area contributed by atoms with Gasteiger partial charge in [-0.2, -0.15) is 0 Å². The number of likely N-dealkylation sites (tertiary alicyclic amines) is 1. The Bertz CT molecular complexity index is 611. The maximum atomic E-state index is 12.7. The van der Waals surface area contributed by atoms with E-state index in [1.807, 2.05) is 4.90 Å². The number of rotatable bonds is 8. The Morgan fingerprint density at radius 1 is 1.22 bits per heavy atom. The van der Waals surface area contributed by atoms with Gasteiger partial charge in [0, 0.05) is 38.4 Å². The van der Waals surface area contributed by atoms with E-state index in [9.17, 15) is 9.59 Å². The molecule has 2 heterocycles. The predicted octanol–water partition coefficient (Wildman–Crippen LogP) is 2.77. The van der Waals surface area contributed by atoms with Crippen LogP contribution in [0.5, 0.6) is 0 Å². The molecule has 8 heteroatoms. The molecule has 0 atom stereocenters. The standard InChI is InChI=1S/C19H31N5O3/c1-4-11-23(12-5-2)17(25)16-7-10-20-18(22-16)21-15-8-13-24(14-9-15)19(26)27-6-3/h7,10,15H,4-6,8-9,11-14H2,1-3H3,(H,20,21,22). The molecule has 0 aliphatic carbocycles. The van der Waals surface area contributed by atoms with E-state index < -0.39 is 0 Å². The van der Waals surface area contributed by atoms with Crippen molar-refractivity contribution in [2.24, 2.45) is 0 Å². The molecular formula is C19H31N5O3. The van der Waals surface area contributed by atoms with Crippen LogP contribution < -0.4 is 5.32 Å². The van der Waals surface area contributed by atoms with Crippen LogP contribution in [0.4, 0.5) is 10.7 Å². The van der Waals surface area contributed by atoms with Crippen LogP contribution in [0, 0.1) is 0 Å². The molecule has 1 aromatic heterocycles. The molecular weight excluding hydrogens is 346 g/mol. The largest absolute Gasteiger partial charge is 0.450 e. The number of carbonyl (C=O) groups excluding carboxylic acids is 2. The van der Waals surface area contributed by atoms with E-state index in [-0.39, 0.29) is 18.0 Å². The topological polar surface area (TPSA) is 87.7 Å². The van der Waals surface area contributed by atoms with Crippen molar-refractivity contribution >= 4 is 17.9 Å². The van der Waals surface area contributed by atoms with Crippen molar-refractivity contribution in [3.8, 4) is 0 Å². The summed E-state index contributed by atoms with van der Waals surface area (Å²) < 4.78 is 5.04. The van der Waals surface area contributed by atoms with Crippen LogP contribution in [0.3, 0.4) is 0 Å². The summed E-state index contributed by atoms with van der Waals surface area (Å²) in [5.41, 5.74) is 0.415. The summed E-state index contributed by atoms with van der Waals surface area (Å²) >= 11 is 0. The fourth-order valence-corrected chi connectivity index (χ4v) is 3.17. The maximum absolute atomic E-state index is 12.7. The zero-order valence-electron chi connectivity index (χ0n) is 16.6. The SMILES string of the molecule is CCCN(CCC)C(=O)c1ccnc(NC2CCN(C(=O)OCC)CC2)n1. The molecule has 0 saturated carbocycles. The molecule has 0 aromatic carbocycles. The normalized spacial score (nSPS) is 14.7. The fraction of sp³-hybridized carbons (Fsp3) is 0.684. The summed E-state index contributed by atoms with van der Waals surface area (Å²) in [7, 11) is 0. The van der Waals surface area contributed by atoms with E-state index in [1.165, 1.54) is 0 Å². The third kappa shape index (κ3) is 6.08. The van der Waals surface area contributed by atoms with E-state index in [4.69, 9.17) is 4.74 Å². The zero-order valence-corrected chi connectivity index (χ0v) is 16.6. The van der Waals surface area contributed by atoms with Gasteiger partial charge in [-0.3, -0.25) is 4.79 Å². The lowest BCUT2D eigenvalue weighted by atomic mass is 10.1. The zero-order chi connectivity index (χ0) is 19.6. The van der Waals surface area contributed by atoms with Crippen LogP contribution >= 0.6 is 0 Å². The summed E-state index contributed by atoms with van der Waals surface area (Å²) in [6.07, 6.45) is 4.77. The second-order valence-corrected chi connectivity index (χ2v) is 6.66. The van der Waals surface area contributed by atoms with Crippen molar-refractivity contribution in [1.82, 2.24) is 19.8 Å². The molecule has 1 aliphatic rings. The Labute approximate surface area is 161 Å². The number of nitrogens with zero attached hydrogens (tertiary/aromatic N) is 4. The number of aromatic nitrogens is 2. The lowest BCUT2D eigenvalue weighted by molar-refractivity contribution is 0.0749. The van der Waals surface area contributed by atoms with Gasteiger partial charge in [-0.15, -0.1) is 0 Å². The molecule has 0 unspecified atom stereocenters. The molecule has 1 aliphatic heterocycles. The minimum atomic E-state index is -0.258. The maximum Gasteiger partial charge on any atom is 0.409 e. The van der Waals surface area contributed by atoms with Crippen LogP contribution in [0.1, 0.15) is 56.9 Å². The predicted molar refractivity (Wildman–Crippen MR) is 104 cm³/mol. The third-order valence-electron chi connectivity index (χ3n) is 4.50. The molecule has 2 rings (SSSR count). The molecule has 1 fully saturated rings. The first-order valence-electron chi connectivity index (χ1n) is 9.89. The summed E-state index contributed by atoms with van der Waals surface area (Å²) in [6, 6.07) is 1.83. The number of nitrogens with one attached hydrogen (secondary N) is 1. The van der Waals surface area contributed by atoms with Gasteiger partial charge in [0.15, 0.2) is 0 Å². The van der Waals surface area contributed by atoms with Crippen molar-refractivity contribution in [2.45, 2.75) is 52.5 Å². The Hall–Kier alpha value is -2.38. The molecule has 0 spiro atoms. The van der Waals surface area contributed by atoms with Crippen molar-refractivity contribution < 1.29 is 14.3 Å². The second-order valence-electron chi connectivity index (χ2n) is 6.66. The lowest BCUT2D eigenvalue weighted by Gasteiger charge is -2.31. The number of piperidine rings is 1. The number of hydrogen-bond donors (Lipinski definition) is 1. The minimum absolute atomic E-state index is 0.0544. The average molecular weight is 377 g/mol. The minimum Gasteiger partial charge on any atom is -0.450 e. The molecule has 27 heavy (non-hydrogen) atoms. The third-order valence-corrected chi connectivity index (χ3v) is 4.50. The second kappa shape index (κ2) is 10.7. The summed E-state index contributed by atoms with van der Waals surface area (Å²) in [5.74, 6) is 0.407. The number of ether oxygens (including phenoxy) is 1. The fourth-order valence-electron chi connectivity index (χ4n) is 3.17. The molecule has 1 saturated heterocycles. The Morgan fingerprint density at radius 2 is 1.89 bits per heavy atom. The van der Waals surface area contributed by atoms with Crippen LogP contribution in [0.2, 0.25) is 0 Å². The number of hydrogen-bond acceptors (Lipinski definition) is 6. The van der Waals surface area contributed by atoms with Gasteiger partial charge in [0.1, 0.15) is 5.69 Å². The van der Waals surface area contributed by atoms with E-state index in [0.29, 0.717) is 31.3 Å². The van der Waals surface area contributed by atoms with Crippen molar-refractivity contribution in [2.75, 3.05) is 38.1 Å². The summed E-state index contributed by atoms with van der Waals surface area (Å²) in [6.45, 7) is 9.04. The molecule has 2 amide bonds. The monoisotopic (exact) mass is 377 g/mol. The first-order chi connectivity index (χ1) is 13.1. The Morgan fingerprint density at radius 3 is 2.48 bits per heavy atom. The van der Waals surface area contributed by atoms with Crippen LogP contribution in [0.15, 0.2) is 12.3 Å². The molecule has 150 valence electrons. The number of amides is 2. The average Bonchev–Trinajstić information content (AvgIpc) is 2.68. The first kappa shape index (κ1) is 20.9. The highest BCUT2D eigenvalue weighted by molar-refractivity contribution is 5.92. The molecule has 0 bridgehead atoms. The van der Waals surface area contributed by atoms with Gasteiger partial charge in [0.25, 0.3) is 5.91 Å². The van der Waals surface area contributed by atoms with Gasteiger partial charge in [-0.1, -0.05) is 13.8 Å². The van der Waals surface area contributed by atoms with E-state index >= 15 is 0 Å². The number of anilines is 1. The highest BCUT2D eigenvalue weighted by Crippen LogP contribution is 2.15. The van der Waals surface area contributed by atoms with Gasteiger partial charge in [0.2, 0.25) is 5.95 Å². The Kier molecular flexibility index (Phi) is 8.29.